The Hall–Kier alpha value is -1.09. The van der Waals surface area contributed by atoms with E-state index in [9.17, 15) is 4.79 Å². The largest absolute Gasteiger partial charge is 0.324 e. The molecule has 4 heterocycles. The highest BCUT2D eigenvalue weighted by Gasteiger charge is 2.58. The molecule has 3 fully saturated rings. The van der Waals surface area contributed by atoms with Gasteiger partial charge in [-0.25, -0.2) is 0 Å². The molecule has 3 aliphatic heterocycles. The molecular weight excluding hydrogens is 224 g/mol. The van der Waals surface area contributed by atoms with E-state index < -0.39 is 0 Å². The highest BCUT2D eigenvalue weighted by Crippen LogP contribution is 2.61. The molecule has 4 aliphatic rings. The third-order valence-corrected chi connectivity index (χ3v) is 5.98. The van der Waals surface area contributed by atoms with Gasteiger partial charge in [0.2, 0.25) is 5.56 Å². The molecule has 3 nitrogen and oxygen atoms in total. The number of fused-ring (bicyclic) bond motifs is 5. The minimum atomic E-state index is 0.0780. The monoisotopic (exact) mass is 242 g/mol. The summed E-state index contributed by atoms with van der Waals surface area (Å²) in [4.78, 5) is 17.6. The van der Waals surface area contributed by atoms with Gasteiger partial charge in [0.15, 0.2) is 0 Å². The van der Waals surface area contributed by atoms with Crippen molar-refractivity contribution in [3.63, 3.8) is 0 Å². The number of aromatic amines is 1. The minimum Gasteiger partial charge on any atom is -0.324 e. The van der Waals surface area contributed by atoms with Gasteiger partial charge in [-0.1, -0.05) is 12.5 Å². The van der Waals surface area contributed by atoms with Crippen molar-refractivity contribution in [3.05, 3.63) is 33.7 Å². The molecular formula is C15H18N2O. The van der Waals surface area contributed by atoms with E-state index in [0.29, 0.717) is 12.0 Å². The third kappa shape index (κ3) is 0.993. The van der Waals surface area contributed by atoms with Gasteiger partial charge in [-0.05, 0) is 42.6 Å². The molecule has 0 amide bonds. The van der Waals surface area contributed by atoms with Gasteiger partial charge < -0.3 is 4.98 Å². The van der Waals surface area contributed by atoms with E-state index in [0.717, 1.165) is 17.9 Å². The van der Waals surface area contributed by atoms with Gasteiger partial charge >= 0.3 is 0 Å². The average molecular weight is 242 g/mol. The number of aromatic nitrogens is 1. The fourth-order valence-electron chi connectivity index (χ4n) is 5.48. The highest BCUT2D eigenvalue weighted by molar-refractivity contribution is 5.36. The lowest BCUT2D eigenvalue weighted by molar-refractivity contribution is 0.102. The van der Waals surface area contributed by atoms with E-state index in [1.807, 2.05) is 0 Å². The van der Waals surface area contributed by atoms with E-state index in [-0.39, 0.29) is 5.56 Å². The van der Waals surface area contributed by atoms with Crippen molar-refractivity contribution in [2.45, 2.75) is 43.7 Å². The summed E-state index contributed by atoms with van der Waals surface area (Å²) in [5, 5.41) is 0. The van der Waals surface area contributed by atoms with Crippen LogP contribution in [0.3, 0.4) is 0 Å². The van der Waals surface area contributed by atoms with Gasteiger partial charge in [0, 0.05) is 24.3 Å². The molecule has 2 saturated heterocycles. The molecule has 6 atom stereocenters. The Morgan fingerprint density at radius 1 is 1.22 bits per heavy atom. The zero-order valence-corrected chi connectivity index (χ0v) is 10.4. The Morgan fingerprint density at radius 3 is 3.11 bits per heavy atom. The molecule has 0 aromatic carbocycles. The molecule has 3 heteroatoms. The van der Waals surface area contributed by atoms with Crippen molar-refractivity contribution < 1.29 is 0 Å². The highest BCUT2D eigenvalue weighted by atomic mass is 16.1. The Bertz CT molecular complexity index is 576. The van der Waals surface area contributed by atoms with Crippen LogP contribution < -0.4 is 5.56 Å². The lowest BCUT2D eigenvalue weighted by Crippen LogP contribution is -2.45. The van der Waals surface area contributed by atoms with Crippen LogP contribution in [0.4, 0.5) is 0 Å². The number of rotatable bonds is 0. The fourth-order valence-corrected chi connectivity index (χ4v) is 5.48. The zero-order valence-electron chi connectivity index (χ0n) is 10.4. The van der Waals surface area contributed by atoms with Crippen LogP contribution in [0.25, 0.3) is 0 Å². The molecule has 0 spiro atoms. The van der Waals surface area contributed by atoms with Crippen LogP contribution in [-0.4, -0.2) is 22.5 Å². The SMILES string of the molecule is O=c1ccc2c([nH]1)[C@H]1[C@@H]3CCC[C@H]4[C@@H]3C[C@@H]2CN41. The van der Waals surface area contributed by atoms with Crippen LogP contribution in [0, 0.1) is 11.8 Å². The Kier molecular flexibility index (Phi) is 1.67. The summed E-state index contributed by atoms with van der Waals surface area (Å²) in [6.45, 7) is 1.24. The van der Waals surface area contributed by atoms with Crippen LogP contribution in [0.5, 0.6) is 0 Å². The number of H-pyrrole nitrogens is 1. The van der Waals surface area contributed by atoms with Crippen LogP contribution in [0.2, 0.25) is 0 Å². The molecule has 18 heavy (non-hydrogen) atoms. The molecule has 94 valence electrons. The molecule has 1 aromatic rings. The first-order chi connectivity index (χ1) is 8.83. The molecule has 1 aliphatic carbocycles. The molecule has 1 unspecified atom stereocenters. The van der Waals surface area contributed by atoms with Gasteiger partial charge in [-0.3, -0.25) is 9.69 Å². The summed E-state index contributed by atoms with van der Waals surface area (Å²) < 4.78 is 0. The van der Waals surface area contributed by atoms with E-state index in [4.69, 9.17) is 0 Å². The second-order valence-corrected chi connectivity index (χ2v) is 6.59. The number of hydrogen-bond donors (Lipinski definition) is 1. The van der Waals surface area contributed by atoms with Gasteiger partial charge in [0.25, 0.3) is 0 Å². The van der Waals surface area contributed by atoms with Crippen molar-refractivity contribution in [1.29, 1.82) is 0 Å². The topological polar surface area (TPSA) is 36.1 Å². The van der Waals surface area contributed by atoms with E-state index in [1.165, 1.54) is 43.5 Å². The van der Waals surface area contributed by atoms with Gasteiger partial charge in [0.05, 0.1) is 6.04 Å². The van der Waals surface area contributed by atoms with Gasteiger partial charge in [-0.2, -0.15) is 0 Å². The summed E-state index contributed by atoms with van der Waals surface area (Å²) in [5.41, 5.74) is 2.80. The van der Waals surface area contributed by atoms with Crippen molar-refractivity contribution in [2.24, 2.45) is 11.8 Å². The fraction of sp³-hybridized carbons (Fsp3) is 0.667. The maximum atomic E-state index is 11.7. The first-order valence-electron chi connectivity index (χ1n) is 7.32. The summed E-state index contributed by atoms with van der Waals surface area (Å²) in [7, 11) is 0. The van der Waals surface area contributed by atoms with Crippen molar-refractivity contribution in [1.82, 2.24) is 9.88 Å². The number of pyridine rings is 1. The molecule has 5 bridgehead atoms. The Labute approximate surface area is 106 Å². The first kappa shape index (κ1) is 9.79. The number of nitrogens with zero attached hydrogens (tertiary/aromatic N) is 1. The Morgan fingerprint density at radius 2 is 2.17 bits per heavy atom. The molecule has 1 aromatic heterocycles. The van der Waals surface area contributed by atoms with Crippen LogP contribution in [-0.2, 0) is 0 Å². The van der Waals surface area contributed by atoms with Crippen molar-refractivity contribution in [3.8, 4) is 0 Å². The average Bonchev–Trinajstić information content (AvgIpc) is 2.57. The summed E-state index contributed by atoms with van der Waals surface area (Å²) >= 11 is 0. The minimum absolute atomic E-state index is 0.0780. The maximum absolute atomic E-state index is 11.7. The molecule has 0 radical (unpaired) electrons. The second-order valence-electron chi connectivity index (χ2n) is 6.59. The quantitative estimate of drug-likeness (QED) is 0.755. The zero-order chi connectivity index (χ0) is 11.9. The van der Waals surface area contributed by atoms with Crippen LogP contribution in [0.15, 0.2) is 16.9 Å². The molecule has 1 N–H and O–H groups in total. The smallest absolute Gasteiger partial charge is 0.248 e. The van der Waals surface area contributed by atoms with E-state index >= 15 is 0 Å². The molecule has 5 rings (SSSR count). The van der Waals surface area contributed by atoms with E-state index in [2.05, 4.69) is 16.0 Å². The van der Waals surface area contributed by atoms with Crippen molar-refractivity contribution >= 4 is 0 Å². The first-order valence-corrected chi connectivity index (χ1v) is 7.32. The number of piperidine rings is 1. The lowest BCUT2D eigenvalue weighted by atomic mass is 9.73. The summed E-state index contributed by atoms with van der Waals surface area (Å²) in [6.07, 6.45) is 5.50. The van der Waals surface area contributed by atoms with E-state index in [1.54, 1.807) is 6.07 Å². The molecule has 1 saturated carbocycles. The number of hydrogen-bond acceptors (Lipinski definition) is 2. The third-order valence-electron chi connectivity index (χ3n) is 5.98. The Balaban J connectivity index is 1.77. The predicted octanol–water partition coefficient (Wildman–Crippen LogP) is 2.02. The number of nitrogens with one attached hydrogen (secondary N) is 1. The summed E-state index contributed by atoms with van der Waals surface area (Å²) in [5.74, 6) is 2.39. The summed E-state index contributed by atoms with van der Waals surface area (Å²) in [6, 6.07) is 5.17. The van der Waals surface area contributed by atoms with Gasteiger partial charge in [0.1, 0.15) is 0 Å². The van der Waals surface area contributed by atoms with Gasteiger partial charge in [-0.15, -0.1) is 0 Å². The van der Waals surface area contributed by atoms with Crippen LogP contribution in [0.1, 0.15) is 48.9 Å². The van der Waals surface area contributed by atoms with Crippen molar-refractivity contribution in [2.75, 3.05) is 6.54 Å². The standard InChI is InChI=1S/C15H18N2O/c18-13-5-4-9-8-6-11-10-2-1-3-12(11)17(7-8)15(10)14(9)16-13/h4-5,8,10-12,15H,1-3,6-7H2,(H,16,18)/t8-,10-,11-,12+,15-/m1/s1. The predicted molar refractivity (Wildman–Crippen MR) is 68.5 cm³/mol. The maximum Gasteiger partial charge on any atom is 0.248 e. The lowest BCUT2D eigenvalue weighted by Gasteiger charge is -2.43. The van der Waals surface area contributed by atoms with Crippen LogP contribution >= 0.6 is 0 Å². The normalized spacial score (nSPS) is 47.1. The second kappa shape index (κ2) is 3.08.